The number of rotatable bonds is 8. The number of hydrogen-bond donors (Lipinski definition) is 1. The molecule has 29 heavy (non-hydrogen) atoms. The molecule has 7 nitrogen and oxygen atoms in total. The SMILES string of the molecule is CCOC(=O)C(Cc1ccccc1)NC(=O)c1ccc(Br)c(S(=O)(=O)N(C)C)c1. The molecule has 0 bridgehead atoms. The highest BCUT2D eigenvalue weighted by Gasteiger charge is 2.26. The molecule has 2 aromatic carbocycles. The Hall–Kier alpha value is -2.23. The molecule has 1 atom stereocenters. The standard InChI is InChI=1S/C20H23BrN2O5S/c1-4-28-20(25)17(12-14-8-6-5-7-9-14)22-19(24)15-10-11-16(21)18(13-15)29(26,27)23(2)3/h5-11,13,17H,4,12H2,1-3H3,(H,22,24). The molecule has 0 heterocycles. The van der Waals surface area contributed by atoms with Gasteiger partial charge in [-0.2, -0.15) is 0 Å². The number of carbonyl (C=O) groups is 2. The summed E-state index contributed by atoms with van der Waals surface area (Å²) in [5.74, 6) is -1.12. The normalized spacial score (nSPS) is 12.4. The van der Waals surface area contributed by atoms with Gasteiger partial charge in [-0.3, -0.25) is 4.79 Å². The molecule has 156 valence electrons. The van der Waals surface area contributed by atoms with E-state index in [1.807, 2.05) is 30.3 Å². The van der Waals surface area contributed by atoms with Crippen molar-refractivity contribution in [2.24, 2.45) is 0 Å². The molecule has 0 aliphatic heterocycles. The lowest BCUT2D eigenvalue weighted by Gasteiger charge is -2.18. The van der Waals surface area contributed by atoms with Crippen molar-refractivity contribution in [2.45, 2.75) is 24.3 Å². The van der Waals surface area contributed by atoms with E-state index in [0.29, 0.717) is 4.47 Å². The summed E-state index contributed by atoms with van der Waals surface area (Å²) in [6.45, 7) is 1.87. The van der Waals surface area contributed by atoms with Gasteiger partial charge in [-0.05, 0) is 46.6 Å². The van der Waals surface area contributed by atoms with E-state index in [9.17, 15) is 18.0 Å². The van der Waals surface area contributed by atoms with Gasteiger partial charge in [0, 0.05) is 30.6 Å². The third-order valence-electron chi connectivity index (χ3n) is 4.11. The quantitative estimate of drug-likeness (QED) is 0.583. The Labute approximate surface area is 179 Å². The first-order chi connectivity index (χ1) is 13.7. The summed E-state index contributed by atoms with van der Waals surface area (Å²) in [5.41, 5.74) is 0.980. The Bertz CT molecular complexity index is 978. The lowest BCUT2D eigenvalue weighted by Crippen LogP contribution is -2.43. The highest BCUT2D eigenvalue weighted by atomic mass is 79.9. The molecule has 0 saturated carbocycles. The molecule has 1 unspecified atom stereocenters. The van der Waals surface area contributed by atoms with E-state index in [0.717, 1.165) is 9.87 Å². The molecule has 1 N–H and O–H groups in total. The summed E-state index contributed by atoms with van der Waals surface area (Å²) in [6, 6.07) is 12.6. The van der Waals surface area contributed by atoms with Crippen LogP contribution in [0, 0.1) is 0 Å². The van der Waals surface area contributed by atoms with Crippen LogP contribution < -0.4 is 5.32 Å². The number of nitrogens with one attached hydrogen (secondary N) is 1. The second-order valence-electron chi connectivity index (χ2n) is 6.40. The Kier molecular flexibility index (Phi) is 7.95. The van der Waals surface area contributed by atoms with Crippen molar-refractivity contribution in [1.82, 2.24) is 9.62 Å². The fraction of sp³-hybridized carbons (Fsp3) is 0.300. The first kappa shape index (κ1) is 23.1. The number of amides is 1. The van der Waals surface area contributed by atoms with Crippen molar-refractivity contribution in [3.63, 3.8) is 0 Å². The van der Waals surface area contributed by atoms with Crippen molar-refractivity contribution < 1.29 is 22.7 Å². The Balaban J connectivity index is 2.30. The number of benzene rings is 2. The number of halogens is 1. The number of ether oxygens (including phenoxy) is 1. The molecule has 9 heteroatoms. The molecule has 0 fully saturated rings. The van der Waals surface area contributed by atoms with Crippen LogP contribution in [0.3, 0.4) is 0 Å². The van der Waals surface area contributed by atoms with Crippen LogP contribution in [0.1, 0.15) is 22.8 Å². The first-order valence-corrected chi connectivity index (χ1v) is 11.1. The summed E-state index contributed by atoms with van der Waals surface area (Å²) < 4.78 is 31.4. The van der Waals surface area contributed by atoms with E-state index in [-0.39, 0.29) is 23.5 Å². The van der Waals surface area contributed by atoms with Gasteiger partial charge >= 0.3 is 5.97 Å². The average Bonchev–Trinajstić information content (AvgIpc) is 2.68. The lowest BCUT2D eigenvalue weighted by molar-refractivity contribution is -0.145. The highest BCUT2D eigenvalue weighted by molar-refractivity contribution is 9.10. The molecule has 0 aliphatic rings. The first-order valence-electron chi connectivity index (χ1n) is 8.90. The van der Waals surface area contributed by atoms with Gasteiger partial charge < -0.3 is 10.1 Å². The van der Waals surface area contributed by atoms with Gasteiger partial charge in [-0.15, -0.1) is 0 Å². The maximum Gasteiger partial charge on any atom is 0.328 e. The van der Waals surface area contributed by atoms with Crippen LogP contribution in [-0.2, 0) is 26.0 Å². The number of nitrogens with zero attached hydrogens (tertiary/aromatic N) is 1. The van der Waals surface area contributed by atoms with E-state index >= 15 is 0 Å². The molecule has 0 saturated heterocycles. The van der Waals surface area contributed by atoms with Crippen molar-refractivity contribution in [3.05, 3.63) is 64.1 Å². The molecule has 2 rings (SSSR count). The van der Waals surface area contributed by atoms with Crippen LogP contribution in [0.5, 0.6) is 0 Å². The van der Waals surface area contributed by atoms with Gasteiger partial charge in [0.05, 0.1) is 11.5 Å². The highest BCUT2D eigenvalue weighted by Crippen LogP contribution is 2.25. The van der Waals surface area contributed by atoms with Gasteiger partial charge in [0.25, 0.3) is 5.91 Å². The fourth-order valence-corrected chi connectivity index (χ4v) is 4.41. The molecule has 0 spiro atoms. The topological polar surface area (TPSA) is 92.8 Å². The second kappa shape index (κ2) is 10.00. The lowest BCUT2D eigenvalue weighted by atomic mass is 10.1. The van der Waals surface area contributed by atoms with E-state index in [1.54, 1.807) is 6.92 Å². The van der Waals surface area contributed by atoms with Crippen molar-refractivity contribution in [1.29, 1.82) is 0 Å². The molecule has 0 aliphatic carbocycles. The molecule has 2 aromatic rings. The molecule has 0 radical (unpaired) electrons. The third-order valence-corrected chi connectivity index (χ3v) is 6.92. The summed E-state index contributed by atoms with van der Waals surface area (Å²) in [6.07, 6.45) is 0.255. The van der Waals surface area contributed by atoms with Crippen LogP contribution >= 0.6 is 15.9 Å². The van der Waals surface area contributed by atoms with E-state index < -0.39 is 27.9 Å². The summed E-state index contributed by atoms with van der Waals surface area (Å²) >= 11 is 3.21. The Morgan fingerprint density at radius 1 is 1.14 bits per heavy atom. The van der Waals surface area contributed by atoms with Crippen LogP contribution in [-0.4, -0.2) is 51.3 Å². The predicted octanol–water partition coefficient (Wildman–Crippen LogP) is 2.60. The van der Waals surface area contributed by atoms with Gasteiger partial charge in [0.1, 0.15) is 6.04 Å². The summed E-state index contributed by atoms with van der Waals surface area (Å²) in [5, 5.41) is 2.66. The van der Waals surface area contributed by atoms with Crippen molar-refractivity contribution in [3.8, 4) is 0 Å². The minimum absolute atomic E-state index is 0.0362. The molecule has 1 amide bonds. The second-order valence-corrected chi connectivity index (χ2v) is 9.38. The van der Waals surface area contributed by atoms with E-state index in [1.165, 1.54) is 32.3 Å². The summed E-state index contributed by atoms with van der Waals surface area (Å²) in [4.78, 5) is 25.1. The number of carbonyl (C=O) groups excluding carboxylic acids is 2. The molecular formula is C20H23BrN2O5S. The monoisotopic (exact) mass is 482 g/mol. The van der Waals surface area contributed by atoms with Gasteiger partial charge in [0.2, 0.25) is 10.0 Å². The zero-order valence-corrected chi connectivity index (χ0v) is 18.8. The van der Waals surface area contributed by atoms with Crippen LogP contribution in [0.15, 0.2) is 57.9 Å². The number of sulfonamides is 1. The van der Waals surface area contributed by atoms with Crippen LogP contribution in [0.25, 0.3) is 0 Å². The number of esters is 1. The zero-order chi connectivity index (χ0) is 21.6. The fourth-order valence-electron chi connectivity index (χ4n) is 2.57. The van der Waals surface area contributed by atoms with Gasteiger partial charge in [-0.1, -0.05) is 30.3 Å². The Morgan fingerprint density at radius 3 is 2.38 bits per heavy atom. The Morgan fingerprint density at radius 2 is 1.79 bits per heavy atom. The van der Waals surface area contributed by atoms with Crippen molar-refractivity contribution in [2.75, 3.05) is 20.7 Å². The smallest absolute Gasteiger partial charge is 0.328 e. The van der Waals surface area contributed by atoms with Crippen molar-refractivity contribution >= 4 is 37.8 Å². The van der Waals surface area contributed by atoms with Crippen LogP contribution in [0.4, 0.5) is 0 Å². The van der Waals surface area contributed by atoms with E-state index in [4.69, 9.17) is 4.74 Å². The predicted molar refractivity (Wildman–Crippen MR) is 113 cm³/mol. The van der Waals surface area contributed by atoms with Crippen LogP contribution in [0.2, 0.25) is 0 Å². The maximum absolute atomic E-state index is 12.8. The third kappa shape index (κ3) is 5.88. The minimum atomic E-state index is -3.75. The summed E-state index contributed by atoms with van der Waals surface area (Å²) in [7, 11) is -0.935. The molecule has 0 aromatic heterocycles. The minimum Gasteiger partial charge on any atom is -0.464 e. The van der Waals surface area contributed by atoms with E-state index in [2.05, 4.69) is 21.2 Å². The number of hydrogen-bond acceptors (Lipinski definition) is 5. The van der Waals surface area contributed by atoms with Gasteiger partial charge in [-0.25, -0.2) is 17.5 Å². The largest absolute Gasteiger partial charge is 0.464 e. The molecular weight excluding hydrogens is 460 g/mol. The van der Waals surface area contributed by atoms with Gasteiger partial charge in [0.15, 0.2) is 0 Å². The maximum atomic E-state index is 12.8. The zero-order valence-electron chi connectivity index (χ0n) is 16.4. The average molecular weight is 483 g/mol.